The van der Waals surface area contributed by atoms with Gasteiger partial charge in [-0.2, -0.15) is 0 Å². The Hall–Kier alpha value is -1.38. The molecule has 0 amide bonds. The highest BCUT2D eigenvalue weighted by Crippen LogP contribution is 2.33. The van der Waals surface area contributed by atoms with Crippen LogP contribution in [-0.2, 0) is 14.3 Å². The number of hydrogen-bond acceptors (Lipinski definition) is 3. The first-order valence-corrected chi connectivity index (χ1v) is 5.99. The van der Waals surface area contributed by atoms with Crippen LogP contribution < -0.4 is 0 Å². The van der Waals surface area contributed by atoms with E-state index in [2.05, 4.69) is 6.58 Å². The molecule has 0 saturated carbocycles. The van der Waals surface area contributed by atoms with Crippen molar-refractivity contribution in [1.29, 1.82) is 0 Å². The largest absolute Gasteiger partial charge is 0.466 e. The maximum Gasteiger partial charge on any atom is 0.306 e. The van der Waals surface area contributed by atoms with Crippen LogP contribution in [0.2, 0.25) is 0 Å². The molecular weight excluding hydrogens is 216 g/mol. The highest BCUT2D eigenvalue weighted by Gasteiger charge is 2.34. The quantitative estimate of drug-likeness (QED) is 0.556. The van der Waals surface area contributed by atoms with Gasteiger partial charge in [-0.15, -0.1) is 0 Å². The van der Waals surface area contributed by atoms with E-state index >= 15 is 0 Å². The molecule has 1 aliphatic rings. The third-order valence-electron chi connectivity index (χ3n) is 3.21. The second kappa shape index (κ2) is 5.80. The van der Waals surface area contributed by atoms with Gasteiger partial charge in [-0.25, -0.2) is 0 Å². The van der Waals surface area contributed by atoms with Crippen molar-refractivity contribution < 1.29 is 14.3 Å². The van der Waals surface area contributed by atoms with E-state index in [-0.39, 0.29) is 30.0 Å². The van der Waals surface area contributed by atoms with E-state index in [1.165, 1.54) is 0 Å². The van der Waals surface area contributed by atoms with Gasteiger partial charge < -0.3 is 4.74 Å². The second-order valence-electron chi connectivity index (χ2n) is 4.56. The van der Waals surface area contributed by atoms with E-state index in [0.717, 1.165) is 17.6 Å². The Balaban J connectivity index is 2.83. The highest BCUT2D eigenvalue weighted by atomic mass is 16.5. The van der Waals surface area contributed by atoms with Crippen LogP contribution in [0.3, 0.4) is 0 Å². The molecule has 0 unspecified atom stereocenters. The second-order valence-corrected chi connectivity index (χ2v) is 4.56. The Labute approximate surface area is 103 Å². The van der Waals surface area contributed by atoms with Gasteiger partial charge in [-0.1, -0.05) is 18.2 Å². The minimum atomic E-state index is -0.299. The van der Waals surface area contributed by atoms with E-state index in [0.29, 0.717) is 6.61 Å². The third-order valence-corrected chi connectivity index (χ3v) is 3.21. The third kappa shape index (κ3) is 3.29. The van der Waals surface area contributed by atoms with Crippen molar-refractivity contribution in [3.63, 3.8) is 0 Å². The Morgan fingerprint density at radius 2 is 2.24 bits per heavy atom. The molecule has 0 N–H and O–H groups in total. The van der Waals surface area contributed by atoms with Gasteiger partial charge in [0.1, 0.15) is 0 Å². The van der Waals surface area contributed by atoms with Crippen molar-refractivity contribution in [2.75, 3.05) is 6.61 Å². The molecule has 3 heteroatoms. The summed E-state index contributed by atoms with van der Waals surface area (Å²) < 4.78 is 4.92. The highest BCUT2D eigenvalue weighted by molar-refractivity contribution is 5.99. The van der Waals surface area contributed by atoms with Crippen LogP contribution in [0.15, 0.2) is 23.8 Å². The standard InChI is InChI=1S/C14H20O3/c1-5-17-13(15)8-12-11(9(2)3)7-6-10(4)14(12)16/h6,11-12H,2,5,7-8H2,1,3-4H3/t11-,12-/m0/s1. The average Bonchev–Trinajstić information content (AvgIpc) is 2.25. The molecule has 3 nitrogen and oxygen atoms in total. The summed E-state index contributed by atoms with van der Waals surface area (Å²) in [4.78, 5) is 23.6. The number of allylic oxidation sites excluding steroid dienone is 3. The lowest BCUT2D eigenvalue weighted by Crippen LogP contribution is -2.31. The van der Waals surface area contributed by atoms with Crippen molar-refractivity contribution in [3.05, 3.63) is 23.8 Å². The van der Waals surface area contributed by atoms with E-state index in [1.54, 1.807) is 13.8 Å². The maximum atomic E-state index is 12.1. The zero-order chi connectivity index (χ0) is 13.0. The molecule has 0 fully saturated rings. The first kappa shape index (κ1) is 13.7. The minimum Gasteiger partial charge on any atom is -0.466 e. The fourth-order valence-corrected chi connectivity index (χ4v) is 2.22. The number of Topliss-reactive ketones (excluding diaryl/α,β-unsaturated/α-hetero) is 1. The lowest BCUT2D eigenvalue weighted by atomic mass is 9.74. The van der Waals surface area contributed by atoms with Gasteiger partial charge in [0.2, 0.25) is 0 Å². The molecule has 0 saturated heterocycles. The SMILES string of the molecule is C=C(C)[C@@H]1CC=C(C)C(=O)[C@H]1CC(=O)OCC. The smallest absolute Gasteiger partial charge is 0.306 e. The molecule has 94 valence electrons. The zero-order valence-electron chi connectivity index (χ0n) is 10.8. The summed E-state index contributed by atoms with van der Waals surface area (Å²) >= 11 is 0. The van der Waals surface area contributed by atoms with Crippen molar-refractivity contribution in [3.8, 4) is 0 Å². The molecule has 2 atom stereocenters. The van der Waals surface area contributed by atoms with Crippen LogP contribution in [0, 0.1) is 11.8 Å². The summed E-state index contributed by atoms with van der Waals surface area (Å²) in [5, 5.41) is 0. The van der Waals surface area contributed by atoms with Crippen LogP contribution >= 0.6 is 0 Å². The maximum absolute atomic E-state index is 12.1. The van der Waals surface area contributed by atoms with Crippen molar-refractivity contribution in [2.45, 2.75) is 33.6 Å². The molecule has 0 aromatic rings. The number of ketones is 1. The van der Waals surface area contributed by atoms with Crippen LogP contribution in [-0.4, -0.2) is 18.4 Å². The normalized spacial score (nSPS) is 24.2. The van der Waals surface area contributed by atoms with E-state index in [4.69, 9.17) is 4.74 Å². The fraction of sp³-hybridized carbons (Fsp3) is 0.571. The first-order chi connectivity index (χ1) is 7.97. The summed E-state index contributed by atoms with van der Waals surface area (Å²) in [5.74, 6) is -0.476. The van der Waals surface area contributed by atoms with E-state index in [9.17, 15) is 9.59 Å². The summed E-state index contributed by atoms with van der Waals surface area (Å²) in [6, 6.07) is 0. The topological polar surface area (TPSA) is 43.4 Å². The first-order valence-electron chi connectivity index (χ1n) is 5.99. The molecule has 0 aromatic carbocycles. The molecule has 0 spiro atoms. The predicted octanol–water partition coefficient (Wildman–Crippen LogP) is 2.67. The van der Waals surface area contributed by atoms with Crippen LogP contribution in [0.1, 0.15) is 33.6 Å². The number of carbonyl (C=O) groups is 2. The molecular formula is C14H20O3. The Morgan fingerprint density at radius 1 is 1.59 bits per heavy atom. The summed E-state index contributed by atoms with van der Waals surface area (Å²) in [6.07, 6.45) is 2.88. The summed E-state index contributed by atoms with van der Waals surface area (Å²) in [6.45, 7) is 9.74. The van der Waals surface area contributed by atoms with Crippen LogP contribution in [0.25, 0.3) is 0 Å². The number of rotatable bonds is 4. The number of ether oxygens (including phenoxy) is 1. The molecule has 0 aliphatic heterocycles. The molecule has 1 aliphatic carbocycles. The van der Waals surface area contributed by atoms with Crippen molar-refractivity contribution in [2.24, 2.45) is 11.8 Å². The lowest BCUT2D eigenvalue weighted by Gasteiger charge is -2.29. The molecule has 0 radical (unpaired) electrons. The zero-order valence-corrected chi connectivity index (χ0v) is 10.8. The van der Waals surface area contributed by atoms with Gasteiger partial charge in [-0.05, 0) is 38.7 Å². The summed E-state index contributed by atoms with van der Waals surface area (Å²) in [7, 11) is 0. The van der Waals surface area contributed by atoms with E-state index in [1.807, 2.05) is 13.0 Å². The molecule has 1 rings (SSSR count). The van der Waals surface area contributed by atoms with Gasteiger partial charge in [-0.3, -0.25) is 9.59 Å². The minimum absolute atomic E-state index is 0.0531. The number of esters is 1. The van der Waals surface area contributed by atoms with Gasteiger partial charge >= 0.3 is 5.97 Å². The molecule has 0 aromatic heterocycles. The Morgan fingerprint density at radius 3 is 2.76 bits per heavy atom. The van der Waals surface area contributed by atoms with Gasteiger partial charge in [0.25, 0.3) is 0 Å². The van der Waals surface area contributed by atoms with Crippen molar-refractivity contribution >= 4 is 11.8 Å². The van der Waals surface area contributed by atoms with Crippen LogP contribution in [0.4, 0.5) is 0 Å². The Bertz CT molecular complexity index is 366. The molecule has 0 bridgehead atoms. The van der Waals surface area contributed by atoms with E-state index < -0.39 is 0 Å². The molecule has 0 heterocycles. The monoisotopic (exact) mass is 236 g/mol. The average molecular weight is 236 g/mol. The predicted molar refractivity (Wildman–Crippen MR) is 66.4 cm³/mol. The fourth-order valence-electron chi connectivity index (χ4n) is 2.22. The molecule has 17 heavy (non-hydrogen) atoms. The number of carbonyl (C=O) groups excluding carboxylic acids is 2. The van der Waals surface area contributed by atoms with Gasteiger partial charge in [0.15, 0.2) is 5.78 Å². The Kier molecular flexibility index (Phi) is 4.67. The van der Waals surface area contributed by atoms with Crippen molar-refractivity contribution in [1.82, 2.24) is 0 Å². The number of hydrogen-bond donors (Lipinski definition) is 0. The van der Waals surface area contributed by atoms with Gasteiger partial charge in [0.05, 0.1) is 13.0 Å². The summed E-state index contributed by atoms with van der Waals surface area (Å²) in [5.41, 5.74) is 1.70. The van der Waals surface area contributed by atoms with Crippen LogP contribution in [0.5, 0.6) is 0 Å². The van der Waals surface area contributed by atoms with Gasteiger partial charge in [0, 0.05) is 5.92 Å². The lowest BCUT2D eigenvalue weighted by molar-refractivity contribution is -0.146.